The number of nitrogens with zero attached hydrogens (tertiary/aromatic N) is 3. The second-order valence-corrected chi connectivity index (χ2v) is 6.79. The molecule has 22 heavy (non-hydrogen) atoms. The first-order valence-electron chi connectivity index (χ1n) is 8.11. The molecule has 3 heterocycles. The van der Waals surface area contributed by atoms with E-state index in [-0.39, 0.29) is 5.60 Å². The number of ether oxygens (including phenoxy) is 1. The van der Waals surface area contributed by atoms with Crippen molar-refractivity contribution in [2.75, 3.05) is 19.7 Å². The minimum Gasteiger partial charge on any atom is -0.373 e. The maximum absolute atomic E-state index is 6.28. The highest BCUT2D eigenvalue weighted by atomic mass is 16.5. The summed E-state index contributed by atoms with van der Waals surface area (Å²) in [6, 6.07) is 10.8. The zero-order chi connectivity index (χ0) is 15.0. The van der Waals surface area contributed by atoms with Gasteiger partial charge in [0.25, 0.3) is 0 Å². The summed E-state index contributed by atoms with van der Waals surface area (Å²) in [7, 11) is 1.97. The van der Waals surface area contributed by atoms with Gasteiger partial charge >= 0.3 is 0 Å². The average molecular weight is 297 g/mol. The molecular formula is C18H23N3O. The molecule has 2 aromatic rings. The molecule has 0 amide bonds. The summed E-state index contributed by atoms with van der Waals surface area (Å²) in [5.74, 6) is 0.555. The van der Waals surface area contributed by atoms with Gasteiger partial charge in [-0.2, -0.15) is 5.10 Å². The summed E-state index contributed by atoms with van der Waals surface area (Å²) in [5, 5.41) is 4.26. The van der Waals surface area contributed by atoms with Crippen molar-refractivity contribution < 1.29 is 4.74 Å². The molecule has 1 aromatic heterocycles. The van der Waals surface area contributed by atoms with E-state index in [9.17, 15) is 0 Å². The van der Waals surface area contributed by atoms with E-state index >= 15 is 0 Å². The van der Waals surface area contributed by atoms with E-state index in [4.69, 9.17) is 4.74 Å². The molecule has 116 valence electrons. The van der Waals surface area contributed by atoms with Gasteiger partial charge in [0.2, 0.25) is 0 Å². The number of aromatic nitrogens is 2. The van der Waals surface area contributed by atoms with Crippen LogP contribution in [0.5, 0.6) is 0 Å². The summed E-state index contributed by atoms with van der Waals surface area (Å²) in [4.78, 5) is 2.50. The summed E-state index contributed by atoms with van der Waals surface area (Å²) in [6.07, 6.45) is 6.37. The molecule has 1 aromatic carbocycles. The van der Waals surface area contributed by atoms with Gasteiger partial charge < -0.3 is 4.74 Å². The van der Waals surface area contributed by atoms with Crippen LogP contribution < -0.4 is 0 Å². The van der Waals surface area contributed by atoms with Crippen LogP contribution in [0.2, 0.25) is 0 Å². The summed E-state index contributed by atoms with van der Waals surface area (Å²) in [5.41, 5.74) is 2.78. The topological polar surface area (TPSA) is 30.3 Å². The van der Waals surface area contributed by atoms with Gasteiger partial charge in [-0.3, -0.25) is 9.58 Å². The fourth-order valence-corrected chi connectivity index (χ4v) is 3.94. The normalized spacial score (nSPS) is 28.7. The minimum atomic E-state index is 0.0721. The molecule has 0 bridgehead atoms. The molecule has 2 aliphatic heterocycles. The van der Waals surface area contributed by atoms with Gasteiger partial charge in [-0.05, 0) is 18.4 Å². The Balaban J connectivity index is 1.40. The van der Waals surface area contributed by atoms with Crippen LogP contribution in [0.3, 0.4) is 0 Å². The van der Waals surface area contributed by atoms with Crippen molar-refractivity contribution in [3.8, 4) is 0 Å². The van der Waals surface area contributed by atoms with E-state index in [1.807, 2.05) is 17.9 Å². The fourth-order valence-electron chi connectivity index (χ4n) is 3.94. The highest BCUT2D eigenvalue weighted by Crippen LogP contribution is 2.42. The lowest BCUT2D eigenvalue weighted by atomic mass is 9.89. The zero-order valence-electron chi connectivity index (χ0n) is 13.1. The van der Waals surface area contributed by atoms with E-state index in [0.717, 1.165) is 39.1 Å². The van der Waals surface area contributed by atoms with Gasteiger partial charge in [0.1, 0.15) is 0 Å². The maximum Gasteiger partial charge on any atom is 0.0828 e. The van der Waals surface area contributed by atoms with Gasteiger partial charge in [-0.15, -0.1) is 0 Å². The Bertz CT molecular complexity index is 639. The zero-order valence-corrected chi connectivity index (χ0v) is 13.1. The number of hydrogen-bond acceptors (Lipinski definition) is 3. The smallest absolute Gasteiger partial charge is 0.0828 e. The van der Waals surface area contributed by atoms with E-state index in [1.165, 1.54) is 11.1 Å². The average Bonchev–Trinajstić information content (AvgIpc) is 3.24. The molecule has 4 nitrogen and oxygen atoms in total. The van der Waals surface area contributed by atoms with E-state index in [1.54, 1.807) is 0 Å². The van der Waals surface area contributed by atoms with Crippen LogP contribution in [0.25, 0.3) is 0 Å². The van der Waals surface area contributed by atoms with Crippen molar-refractivity contribution in [3.63, 3.8) is 0 Å². The Hall–Kier alpha value is -1.65. The number of rotatable bonds is 3. The molecular weight excluding hydrogens is 274 g/mol. The quantitative estimate of drug-likeness (QED) is 0.872. The Morgan fingerprint density at radius 1 is 1.32 bits per heavy atom. The van der Waals surface area contributed by atoms with Crippen LogP contribution in [-0.2, 0) is 18.3 Å². The highest BCUT2D eigenvalue weighted by Gasteiger charge is 2.45. The molecule has 0 radical (unpaired) electrons. The third-order valence-electron chi connectivity index (χ3n) is 5.04. The van der Waals surface area contributed by atoms with E-state index in [2.05, 4.69) is 46.5 Å². The lowest BCUT2D eigenvalue weighted by Crippen LogP contribution is -2.32. The SMILES string of the molecule is Cn1cc(CN2CC[C@]3(C[C@@H](c4ccccc4)CO3)C2)cn1. The Kier molecular flexibility index (Phi) is 3.51. The number of likely N-dealkylation sites (tertiary alicyclic amines) is 1. The second-order valence-electron chi connectivity index (χ2n) is 6.79. The summed E-state index contributed by atoms with van der Waals surface area (Å²) in [6.45, 7) is 4.02. The van der Waals surface area contributed by atoms with Gasteiger partial charge in [-0.25, -0.2) is 0 Å². The minimum absolute atomic E-state index is 0.0721. The largest absolute Gasteiger partial charge is 0.373 e. The van der Waals surface area contributed by atoms with Crippen molar-refractivity contribution in [2.45, 2.75) is 30.9 Å². The fraction of sp³-hybridized carbons (Fsp3) is 0.500. The summed E-state index contributed by atoms with van der Waals surface area (Å²) < 4.78 is 8.15. The molecule has 2 fully saturated rings. The number of benzene rings is 1. The predicted molar refractivity (Wildman–Crippen MR) is 85.6 cm³/mol. The van der Waals surface area contributed by atoms with Crippen molar-refractivity contribution in [1.29, 1.82) is 0 Å². The first-order chi connectivity index (χ1) is 10.7. The third-order valence-corrected chi connectivity index (χ3v) is 5.04. The van der Waals surface area contributed by atoms with Crippen LogP contribution in [-0.4, -0.2) is 40.0 Å². The van der Waals surface area contributed by atoms with Crippen molar-refractivity contribution in [2.24, 2.45) is 7.05 Å². The third kappa shape index (κ3) is 2.69. The van der Waals surface area contributed by atoms with Crippen molar-refractivity contribution in [3.05, 3.63) is 53.9 Å². The molecule has 4 heteroatoms. The Morgan fingerprint density at radius 2 is 2.18 bits per heavy atom. The Labute approximate surface area is 131 Å². The van der Waals surface area contributed by atoms with E-state index < -0.39 is 0 Å². The molecule has 0 aliphatic carbocycles. The van der Waals surface area contributed by atoms with Crippen molar-refractivity contribution in [1.82, 2.24) is 14.7 Å². The first-order valence-corrected chi connectivity index (χ1v) is 8.11. The molecule has 2 saturated heterocycles. The van der Waals surface area contributed by atoms with Crippen LogP contribution in [0.4, 0.5) is 0 Å². The molecule has 0 saturated carbocycles. The lowest BCUT2D eigenvalue weighted by Gasteiger charge is -2.23. The predicted octanol–water partition coefficient (Wildman–Crippen LogP) is 2.57. The standard InChI is InChI=1S/C18H23N3O/c1-20-11-15(10-19-20)12-21-8-7-18(14-21)9-17(13-22-18)16-5-3-2-4-6-16/h2-6,10-11,17H,7-9,12-14H2,1H3/t17-,18+/m1/s1. The molecule has 4 rings (SSSR count). The van der Waals surface area contributed by atoms with Crippen LogP contribution in [0, 0.1) is 0 Å². The first kappa shape index (κ1) is 14.0. The van der Waals surface area contributed by atoms with Crippen LogP contribution in [0.1, 0.15) is 29.9 Å². The van der Waals surface area contributed by atoms with Gasteiger partial charge in [0, 0.05) is 44.4 Å². The molecule has 0 unspecified atom stereocenters. The number of aryl methyl sites for hydroxylation is 1. The van der Waals surface area contributed by atoms with Gasteiger partial charge in [-0.1, -0.05) is 30.3 Å². The highest BCUT2D eigenvalue weighted by molar-refractivity contribution is 5.22. The molecule has 1 spiro atoms. The maximum atomic E-state index is 6.28. The van der Waals surface area contributed by atoms with Crippen LogP contribution in [0.15, 0.2) is 42.7 Å². The number of hydrogen-bond donors (Lipinski definition) is 0. The molecule has 0 N–H and O–H groups in total. The van der Waals surface area contributed by atoms with Gasteiger partial charge in [0.05, 0.1) is 18.4 Å². The molecule has 2 aliphatic rings. The monoisotopic (exact) mass is 297 g/mol. The van der Waals surface area contributed by atoms with E-state index in [0.29, 0.717) is 5.92 Å². The molecule has 2 atom stereocenters. The summed E-state index contributed by atoms with van der Waals surface area (Å²) >= 11 is 0. The lowest BCUT2D eigenvalue weighted by molar-refractivity contribution is 0.0118. The second kappa shape index (κ2) is 5.52. The Morgan fingerprint density at radius 3 is 2.95 bits per heavy atom. The van der Waals surface area contributed by atoms with Gasteiger partial charge in [0.15, 0.2) is 0 Å². The van der Waals surface area contributed by atoms with Crippen molar-refractivity contribution >= 4 is 0 Å². The van der Waals surface area contributed by atoms with Crippen LogP contribution >= 0.6 is 0 Å².